The minimum Gasteiger partial charge on any atom is -0.318 e. The van der Waals surface area contributed by atoms with E-state index in [0.29, 0.717) is 12.0 Å². The number of rotatable bonds is 1. The van der Waals surface area contributed by atoms with Gasteiger partial charge < -0.3 is 5.73 Å². The molecule has 0 heterocycles. The van der Waals surface area contributed by atoms with Gasteiger partial charge in [-0.1, -0.05) is 41.5 Å². The van der Waals surface area contributed by atoms with Crippen molar-refractivity contribution in [2.24, 2.45) is 5.73 Å². The third-order valence-corrected chi connectivity index (χ3v) is 3.24. The predicted octanol–water partition coefficient (Wildman–Crippen LogP) is 3.28. The van der Waals surface area contributed by atoms with Crippen LogP contribution in [0.5, 0.6) is 0 Å². The highest BCUT2D eigenvalue weighted by molar-refractivity contribution is 5.40. The minimum absolute atomic E-state index is 0.234. The highest BCUT2D eigenvalue weighted by Gasteiger charge is 2.29. The average molecular weight is 217 g/mol. The van der Waals surface area contributed by atoms with Crippen molar-refractivity contribution >= 4 is 0 Å². The summed E-state index contributed by atoms with van der Waals surface area (Å²) < 4.78 is 13.7. The number of hydrogen-bond donors (Lipinski definition) is 1. The summed E-state index contributed by atoms with van der Waals surface area (Å²) in [5.74, 6) is -0.234. The van der Waals surface area contributed by atoms with E-state index in [9.17, 15) is 4.39 Å². The normalized spacial score (nSPS) is 25.0. The first-order valence-corrected chi connectivity index (χ1v) is 5.42. The molecular weight excluding hydrogens is 201 g/mol. The Balaban J connectivity index is 2.44. The molecule has 1 aromatic carbocycles. The van der Waals surface area contributed by atoms with Gasteiger partial charge in [-0.05, 0) is 26.3 Å². The maximum Gasteiger partial charge on any atom is 0.128 e. The van der Waals surface area contributed by atoms with Gasteiger partial charge in [-0.25, -0.2) is 4.39 Å². The fraction of sp³-hybridized carbons (Fsp3) is 0.286. The van der Waals surface area contributed by atoms with Gasteiger partial charge in [-0.3, -0.25) is 0 Å². The van der Waals surface area contributed by atoms with E-state index in [4.69, 9.17) is 5.73 Å². The van der Waals surface area contributed by atoms with Crippen LogP contribution in [0.3, 0.4) is 0 Å². The van der Waals surface area contributed by atoms with Crippen molar-refractivity contribution in [3.05, 3.63) is 58.9 Å². The molecule has 2 rings (SSSR count). The Labute approximate surface area is 95.5 Å². The van der Waals surface area contributed by atoms with Crippen LogP contribution in [0.2, 0.25) is 0 Å². The highest BCUT2D eigenvalue weighted by Crippen LogP contribution is 2.34. The molecule has 0 saturated carbocycles. The van der Waals surface area contributed by atoms with E-state index < -0.39 is 5.54 Å². The number of allylic oxidation sites excluding steroid dienone is 2. The lowest BCUT2D eigenvalue weighted by molar-refractivity contribution is 0.498. The zero-order valence-electron chi connectivity index (χ0n) is 9.63. The lowest BCUT2D eigenvalue weighted by Gasteiger charge is -2.31. The van der Waals surface area contributed by atoms with E-state index in [2.05, 4.69) is 0 Å². The van der Waals surface area contributed by atoms with Gasteiger partial charge in [0, 0.05) is 5.56 Å². The lowest BCUT2D eigenvalue weighted by Crippen LogP contribution is -2.37. The maximum absolute atomic E-state index is 13.7. The Morgan fingerprint density at radius 3 is 2.56 bits per heavy atom. The molecule has 1 unspecified atom stereocenters. The van der Waals surface area contributed by atoms with Crippen molar-refractivity contribution < 1.29 is 4.39 Å². The van der Waals surface area contributed by atoms with Crippen LogP contribution in [0.4, 0.5) is 4.39 Å². The first-order chi connectivity index (χ1) is 7.53. The van der Waals surface area contributed by atoms with Crippen LogP contribution in [-0.2, 0) is 5.54 Å². The van der Waals surface area contributed by atoms with Crippen LogP contribution in [0.15, 0.2) is 47.6 Å². The largest absolute Gasteiger partial charge is 0.318 e. The van der Waals surface area contributed by atoms with Crippen molar-refractivity contribution in [1.82, 2.24) is 0 Å². The molecule has 0 radical (unpaired) electrons. The summed E-state index contributed by atoms with van der Waals surface area (Å²) in [6, 6.07) is 6.72. The summed E-state index contributed by atoms with van der Waals surface area (Å²) in [4.78, 5) is 0. The maximum atomic E-state index is 13.7. The number of halogens is 1. The Morgan fingerprint density at radius 2 is 1.94 bits per heavy atom. The van der Waals surface area contributed by atoms with Gasteiger partial charge in [0.2, 0.25) is 0 Å². The summed E-state index contributed by atoms with van der Waals surface area (Å²) in [5, 5.41) is 0. The molecule has 0 fully saturated rings. The Hall–Kier alpha value is -1.41. The molecule has 1 aliphatic carbocycles. The summed E-state index contributed by atoms with van der Waals surface area (Å²) in [6.45, 7) is 4.09. The quantitative estimate of drug-likeness (QED) is 0.767. The zero-order chi connectivity index (χ0) is 11.8. The van der Waals surface area contributed by atoms with E-state index in [0.717, 1.165) is 0 Å². The van der Waals surface area contributed by atoms with Crippen LogP contribution in [-0.4, -0.2) is 0 Å². The Morgan fingerprint density at radius 1 is 1.25 bits per heavy atom. The van der Waals surface area contributed by atoms with E-state index in [1.165, 1.54) is 17.2 Å². The molecule has 2 N–H and O–H groups in total. The van der Waals surface area contributed by atoms with Gasteiger partial charge in [0.15, 0.2) is 0 Å². The van der Waals surface area contributed by atoms with Crippen LogP contribution in [0.1, 0.15) is 25.8 Å². The molecule has 0 amide bonds. The summed E-state index contributed by atoms with van der Waals surface area (Å²) in [7, 11) is 0. The van der Waals surface area contributed by atoms with Crippen molar-refractivity contribution in [2.45, 2.75) is 25.8 Å². The molecule has 2 heteroatoms. The van der Waals surface area contributed by atoms with E-state index in [-0.39, 0.29) is 5.82 Å². The second kappa shape index (κ2) is 3.87. The molecule has 1 atom stereocenters. The van der Waals surface area contributed by atoms with E-state index in [1.807, 2.05) is 32.1 Å². The van der Waals surface area contributed by atoms with Gasteiger partial charge >= 0.3 is 0 Å². The number of hydrogen-bond acceptors (Lipinski definition) is 1. The molecule has 0 bridgehead atoms. The molecule has 0 saturated heterocycles. The lowest BCUT2D eigenvalue weighted by atomic mass is 9.80. The van der Waals surface area contributed by atoms with Gasteiger partial charge in [0.1, 0.15) is 5.82 Å². The third kappa shape index (κ3) is 1.81. The molecule has 0 spiro atoms. The molecule has 1 aromatic rings. The van der Waals surface area contributed by atoms with Crippen LogP contribution in [0.25, 0.3) is 0 Å². The van der Waals surface area contributed by atoms with E-state index in [1.54, 1.807) is 12.1 Å². The summed E-state index contributed by atoms with van der Waals surface area (Å²) in [5.41, 5.74) is 8.58. The van der Waals surface area contributed by atoms with Gasteiger partial charge in [-0.15, -0.1) is 0 Å². The zero-order valence-corrected chi connectivity index (χ0v) is 9.63. The van der Waals surface area contributed by atoms with Gasteiger partial charge in [-0.2, -0.15) is 0 Å². The molecule has 0 aliphatic heterocycles. The predicted molar refractivity (Wildman–Crippen MR) is 64.4 cm³/mol. The topological polar surface area (TPSA) is 26.0 Å². The molecule has 1 nitrogen and oxygen atoms in total. The fourth-order valence-corrected chi connectivity index (χ4v) is 2.08. The fourth-order valence-electron chi connectivity index (χ4n) is 2.08. The second-order valence-electron chi connectivity index (χ2n) is 4.49. The van der Waals surface area contributed by atoms with Gasteiger partial charge in [0.05, 0.1) is 5.54 Å². The molecule has 84 valence electrons. The third-order valence-electron chi connectivity index (χ3n) is 3.24. The molecule has 1 aliphatic rings. The standard InChI is InChI=1S/C14H16FN/c1-10-7-8-14(16,9-11(10)2)12-5-3-4-6-13(12)15/h3-8H,9,16H2,1-2H3. The molecular formula is C14H16FN. The molecule has 16 heavy (non-hydrogen) atoms. The monoisotopic (exact) mass is 217 g/mol. The van der Waals surface area contributed by atoms with Crippen molar-refractivity contribution in [3.8, 4) is 0 Å². The Bertz CT molecular complexity index is 473. The number of nitrogens with two attached hydrogens (primary N) is 1. The second-order valence-corrected chi connectivity index (χ2v) is 4.49. The van der Waals surface area contributed by atoms with Crippen LogP contribution >= 0.6 is 0 Å². The van der Waals surface area contributed by atoms with Crippen LogP contribution in [0, 0.1) is 5.82 Å². The average Bonchev–Trinajstić information content (AvgIpc) is 2.25. The highest BCUT2D eigenvalue weighted by atomic mass is 19.1. The van der Waals surface area contributed by atoms with E-state index >= 15 is 0 Å². The SMILES string of the molecule is CC1=C(C)CC(N)(c2ccccc2F)C=C1. The van der Waals surface area contributed by atoms with Crippen molar-refractivity contribution in [3.63, 3.8) is 0 Å². The van der Waals surface area contributed by atoms with Crippen molar-refractivity contribution in [1.29, 1.82) is 0 Å². The minimum atomic E-state index is -0.699. The summed E-state index contributed by atoms with van der Waals surface area (Å²) in [6.07, 6.45) is 4.55. The smallest absolute Gasteiger partial charge is 0.128 e. The van der Waals surface area contributed by atoms with Crippen LogP contribution < -0.4 is 5.73 Å². The Kier molecular flexibility index (Phi) is 2.68. The van der Waals surface area contributed by atoms with Crippen molar-refractivity contribution in [2.75, 3.05) is 0 Å². The number of benzene rings is 1. The first-order valence-electron chi connectivity index (χ1n) is 5.42. The summed E-state index contributed by atoms with van der Waals surface area (Å²) >= 11 is 0. The first kappa shape index (κ1) is 11.1. The molecule has 0 aromatic heterocycles. The van der Waals surface area contributed by atoms with Gasteiger partial charge in [0.25, 0.3) is 0 Å².